The van der Waals surface area contributed by atoms with E-state index in [2.05, 4.69) is 50.2 Å². The van der Waals surface area contributed by atoms with Gasteiger partial charge < -0.3 is 10.6 Å². The second-order valence-corrected chi connectivity index (χ2v) is 6.72. The number of nitrogens with two attached hydrogens (primary N) is 1. The van der Waals surface area contributed by atoms with Crippen molar-refractivity contribution in [1.29, 1.82) is 0 Å². The number of rotatable bonds is 7. The van der Waals surface area contributed by atoms with E-state index in [9.17, 15) is 4.79 Å². The second-order valence-electron chi connectivity index (χ2n) is 5.48. The van der Waals surface area contributed by atoms with Crippen molar-refractivity contribution < 1.29 is 4.79 Å². The van der Waals surface area contributed by atoms with E-state index in [-0.39, 0.29) is 11.9 Å². The fraction of sp³-hybridized carbons (Fsp3) is 0.562. The average Bonchev–Trinajstić information content (AvgIpc) is 2.51. The number of benzene rings is 1. The average molecular weight is 401 g/mol. The van der Waals surface area contributed by atoms with E-state index in [1.807, 2.05) is 11.0 Å². The van der Waals surface area contributed by atoms with Crippen molar-refractivity contribution in [3.8, 4) is 0 Å². The van der Waals surface area contributed by atoms with Crippen molar-refractivity contribution in [3.63, 3.8) is 0 Å². The molecule has 5 heteroatoms. The molecule has 1 saturated heterocycles. The summed E-state index contributed by atoms with van der Waals surface area (Å²) in [5, 5.41) is 0. The first-order valence-electron chi connectivity index (χ1n) is 7.67. The zero-order valence-electron chi connectivity index (χ0n) is 12.4. The Morgan fingerprint density at radius 1 is 1.19 bits per heavy atom. The van der Waals surface area contributed by atoms with Crippen LogP contribution in [0.3, 0.4) is 0 Å². The highest BCUT2D eigenvalue weighted by molar-refractivity contribution is 14.1. The van der Waals surface area contributed by atoms with Gasteiger partial charge in [0.1, 0.15) is 0 Å². The summed E-state index contributed by atoms with van der Waals surface area (Å²) in [6.07, 6.45) is 3.88. The van der Waals surface area contributed by atoms with Gasteiger partial charge in [0.2, 0.25) is 5.91 Å². The van der Waals surface area contributed by atoms with Gasteiger partial charge in [-0.2, -0.15) is 0 Å². The van der Waals surface area contributed by atoms with Crippen molar-refractivity contribution in [2.75, 3.05) is 26.2 Å². The maximum atomic E-state index is 12.6. The number of carbonyl (C=O) groups excluding carboxylic acids is 1. The van der Waals surface area contributed by atoms with Crippen LogP contribution < -0.4 is 5.73 Å². The number of piperazine rings is 1. The maximum Gasteiger partial charge on any atom is 0.240 e. The highest BCUT2D eigenvalue weighted by Crippen LogP contribution is 2.20. The van der Waals surface area contributed by atoms with Crippen LogP contribution in [0.15, 0.2) is 30.3 Å². The summed E-state index contributed by atoms with van der Waals surface area (Å²) in [5.74, 6) is 0.281. The number of unbranched alkanes of at least 4 members (excludes halogenated alkanes) is 1. The van der Waals surface area contributed by atoms with Crippen LogP contribution in [0.1, 0.15) is 24.8 Å². The van der Waals surface area contributed by atoms with E-state index >= 15 is 0 Å². The molecule has 1 heterocycles. The van der Waals surface area contributed by atoms with Crippen molar-refractivity contribution >= 4 is 28.8 Å². The molecular formula is C16H24IN3O. The SMILES string of the molecule is NCCCC[C@H]1C(=O)N(CCc2ccccc2)CCN1I. The Hall–Kier alpha value is -0.660. The topological polar surface area (TPSA) is 49.6 Å². The first-order valence-corrected chi connectivity index (χ1v) is 8.64. The predicted molar refractivity (Wildman–Crippen MR) is 94.1 cm³/mol. The van der Waals surface area contributed by atoms with Crippen LogP contribution in [-0.2, 0) is 11.2 Å². The molecule has 116 valence electrons. The lowest BCUT2D eigenvalue weighted by atomic mass is 10.1. The lowest BCUT2D eigenvalue weighted by molar-refractivity contribution is -0.138. The molecule has 1 fully saturated rings. The first-order chi connectivity index (χ1) is 10.2. The van der Waals surface area contributed by atoms with Gasteiger partial charge in [-0.3, -0.25) is 4.79 Å². The molecule has 1 aliphatic heterocycles. The van der Waals surface area contributed by atoms with Gasteiger partial charge in [-0.15, -0.1) is 0 Å². The number of hydrogen-bond acceptors (Lipinski definition) is 3. The van der Waals surface area contributed by atoms with Gasteiger partial charge >= 0.3 is 0 Å². The molecule has 0 saturated carbocycles. The lowest BCUT2D eigenvalue weighted by Crippen LogP contribution is -2.53. The van der Waals surface area contributed by atoms with E-state index in [4.69, 9.17) is 5.73 Å². The van der Waals surface area contributed by atoms with Crippen LogP contribution in [0.25, 0.3) is 0 Å². The number of amides is 1. The smallest absolute Gasteiger partial charge is 0.240 e. The fourth-order valence-electron chi connectivity index (χ4n) is 2.69. The van der Waals surface area contributed by atoms with Crippen molar-refractivity contribution in [3.05, 3.63) is 35.9 Å². The summed E-state index contributed by atoms with van der Waals surface area (Å²) in [6.45, 7) is 3.32. The third kappa shape index (κ3) is 4.93. The minimum Gasteiger partial charge on any atom is -0.340 e. The highest BCUT2D eigenvalue weighted by Gasteiger charge is 2.32. The summed E-state index contributed by atoms with van der Waals surface area (Å²) in [4.78, 5) is 14.6. The number of hydrogen-bond donors (Lipinski definition) is 1. The third-order valence-electron chi connectivity index (χ3n) is 3.96. The largest absolute Gasteiger partial charge is 0.340 e. The summed E-state index contributed by atoms with van der Waals surface area (Å²) < 4.78 is 2.16. The molecule has 1 atom stereocenters. The molecule has 2 rings (SSSR count). The monoisotopic (exact) mass is 401 g/mol. The molecule has 0 aliphatic carbocycles. The molecular weight excluding hydrogens is 377 g/mol. The summed E-state index contributed by atoms with van der Waals surface area (Å²) in [5.41, 5.74) is 6.84. The van der Waals surface area contributed by atoms with E-state index in [1.165, 1.54) is 5.56 Å². The Bertz CT molecular complexity index is 440. The van der Waals surface area contributed by atoms with Gasteiger partial charge in [0.05, 0.1) is 6.04 Å². The van der Waals surface area contributed by atoms with Gasteiger partial charge in [0.15, 0.2) is 0 Å². The van der Waals surface area contributed by atoms with Crippen molar-refractivity contribution in [2.24, 2.45) is 5.73 Å². The molecule has 0 radical (unpaired) electrons. The Labute approximate surface area is 141 Å². The van der Waals surface area contributed by atoms with E-state index < -0.39 is 0 Å². The van der Waals surface area contributed by atoms with Crippen LogP contribution in [0.2, 0.25) is 0 Å². The van der Waals surface area contributed by atoms with Crippen LogP contribution in [0.4, 0.5) is 0 Å². The zero-order valence-corrected chi connectivity index (χ0v) is 14.5. The molecule has 0 bridgehead atoms. The molecule has 1 amide bonds. The molecule has 1 aliphatic rings. The number of carbonyl (C=O) groups is 1. The number of halogens is 1. The molecule has 2 N–H and O–H groups in total. The molecule has 1 aromatic carbocycles. The second kappa shape index (κ2) is 8.70. The maximum absolute atomic E-state index is 12.6. The number of nitrogens with zero attached hydrogens (tertiary/aromatic N) is 2. The Morgan fingerprint density at radius 2 is 1.95 bits per heavy atom. The van der Waals surface area contributed by atoms with Gasteiger partial charge in [-0.25, -0.2) is 3.11 Å². The highest BCUT2D eigenvalue weighted by atomic mass is 127. The van der Waals surface area contributed by atoms with Crippen molar-refractivity contribution in [1.82, 2.24) is 8.01 Å². The van der Waals surface area contributed by atoms with Crippen molar-refractivity contribution in [2.45, 2.75) is 31.7 Å². The zero-order chi connectivity index (χ0) is 15.1. The van der Waals surface area contributed by atoms with Gasteiger partial charge in [-0.05, 0) is 31.4 Å². The molecule has 0 unspecified atom stereocenters. The molecule has 4 nitrogen and oxygen atoms in total. The molecule has 0 spiro atoms. The molecule has 1 aromatic rings. The summed E-state index contributed by atoms with van der Waals surface area (Å²) in [7, 11) is 0. The fourth-order valence-corrected chi connectivity index (χ4v) is 3.42. The summed E-state index contributed by atoms with van der Waals surface area (Å²) >= 11 is 2.29. The van der Waals surface area contributed by atoms with Gasteiger partial charge in [0.25, 0.3) is 0 Å². The van der Waals surface area contributed by atoms with Crippen LogP contribution >= 0.6 is 22.9 Å². The van der Waals surface area contributed by atoms with Crippen LogP contribution in [0, 0.1) is 0 Å². The van der Waals surface area contributed by atoms with Crippen LogP contribution in [0.5, 0.6) is 0 Å². The third-order valence-corrected chi connectivity index (χ3v) is 5.12. The predicted octanol–water partition coefficient (Wildman–Crippen LogP) is 2.22. The van der Waals surface area contributed by atoms with Gasteiger partial charge in [-0.1, -0.05) is 36.8 Å². The first kappa shape index (κ1) is 16.7. The van der Waals surface area contributed by atoms with Crippen LogP contribution in [-0.4, -0.2) is 46.1 Å². The van der Waals surface area contributed by atoms with E-state index in [1.54, 1.807) is 0 Å². The normalized spacial score (nSPS) is 20.0. The molecule has 21 heavy (non-hydrogen) atoms. The minimum atomic E-state index is 0.0293. The molecule has 0 aromatic heterocycles. The minimum absolute atomic E-state index is 0.0293. The Morgan fingerprint density at radius 3 is 2.67 bits per heavy atom. The summed E-state index contributed by atoms with van der Waals surface area (Å²) in [6, 6.07) is 10.4. The standard InChI is InChI=1S/C16H24IN3O/c17-20-13-12-19(11-9-14-6-2-1-3-7-14)16(21)15(20)8-4-5-10-18/h1-3,6-7,15H,4-5,8-13,18H2/t15-/m0/s1. The van der Waals surface area contributed by atoms with E-state index in [0.717, 1.165) is 45.3 Å². The Kier molecular flexibility index (Phi) is 6.92. The van der Waals surface area contributed by atoms with Gasteiger partial charge in [0, 0.05) is 42.5 Å². The quantitative estimate of drug-likeness (QED) is 0.433. The lowest BCUT2D eigenvalue weighted by Gasteiger charge is -2.37. The Balaban J connectivity index is 1.87. The van der Waals surface area contributed by atoms with E-state index in [0.29, 0.717) is 6.54 Å².